The zero-order chi connectivity index (χ0) is 21.8. The lowest BCUT2D eigenvalue weighted by atomic mass is 10.1. The Morgan fingerprint density at radius 1 is 1.00 bits per heavy atom. The zero-order valence-corrected chi connectivity index (χ0v) is 17.8. The molecule has 2 N–H and O–H groups in total. The maximum atomic E-state index is 12.4. The van der Waals surface area contributed by atoms with E-state index in [-0.39, 0.29) is 5.57 Å². The van der Waals surface area contributed by atoms with E-state index in [9.17, 15) is 10.1 Å². The minimum Gasteiger partial charge on any atom is -0.490 e. The van der Waals surface area contributed by atoms with Crippen molar-refractivity contribution in [3.8, 4) is 17.6 Å². The Morgan fingerprint density at radius 3 is 2.30 bits per heavy atom. The highest BCUT2D eigenvalue weighted by atomic mass is 16.5. The predicted molar refractivity (Wildman–Crippen MR) is 120 cm³/mol. The molecule has 158 valence electrons. The third-order valence-electron chi connectivity index (χ3n) is 4.32. The van der Waals surface area contributed by atoms with E-state index >= 15 is 0 Å². The van der Waals surface area contributed by atoms with Crippen LogP contribution in [0.2, 0.25) is 0 Å². The number of nitrogens with zero attached hydrogens (tertiary/aromatic N) is 1. The SMILES string of the molecule is CCCCc1ccc(NC(=O)/C(C#N)=C\Nc2ccc(OCC)c(OCC)c2)cc1. The Kier molecular flexibility index (Phi) is 9.26. The molecule has 0 aliphatic heterocycles. The Morgan fingerprint density at radius 2 is 1.67 bits per heavy atom. The summed E-state index contributed by atoms with van der Waals surface area (Å²) < 4.78 is 11.1. The van der Waals surface area contributed by atoms with Crippen LogP contribution in [0.3, 0.4) is 0 Å². The van der Waals surface area contributed by atoms with Gasteiger partial charge in [-0.3, -0.25) is 4.79 Å². The molecule has 6 heteroatoms. The molecule has 0 unspecified atom stereocenters. The largest absolute Gasteiger partial charge is 0.490 e. The number of anilines is 2. The number of benzene rings is 2. The van der Waals surface area contributed by atoms with Crippen molar-refractivity contribution in [2.45, 2.75) is 40.0 Å². The average Bonchev–Trinajstić information content (AvgIpc) is 2.75. The molecule has 0 saturated carbocycles. The molecule has 0 heterocycles. The third kappa shape index (κ3) is 6.85. The minimum atomic E-state index is -0.470. The molecule has 0 spiro atoms. The highest BCUT2D eigenvalue weighted by Crippen LogP contribution is 2.30. The molecule has 2 rings (SSSR count). The lowest BCUT2D eigenvalue weighted by Crippen LogP contribution is -2.14. The summed E-state index contributed by atoms with van der Waals surface area (Å²) in [4.78, 5) is 12.4. The minimum absolute atomic E-state index is 0.0306. The normalized spacial score (nSPS) is 10.8. The van der Waals surface area contributed by atoms with Crippen molar-refractivity contribution in [1.29, 1.82) is 5.26 Å². The van der Waals surface area contributed by atoms with E-state index in [0.717, 1.165) is 19.3 Å². The van der Waals surface area contributed by atoms with Gasteiger partial charge in [0.15, 0.2) is 11.5 Å². The van der Waals surface area contributed by atoms with E-state index in [4.69, 9.17) is 9.47 Å². The first kappa shape index (κ1) is 22.8. The highest BCUT2D eigenvalue weighted by molar-refractivity contribution is 6.06. The number of carbonyl (C=O) groups is 1. The Balaban J connectivity index is 2.05. The van der Waals surface area contributed by atoms with Crippen LogP contribution in [0.25, 0.3) is 0 Å². The van der Waals surface area contributed by atoms with Gasteiger partial charge in [0.05, 0.1) is 13.2 Å². The second-order valence-electron chi connectivity index (χ2n) is 6.60. The quantitative estimate of drug-likeness (QED) is 0.391. The summed E-state index contributed by atoms with van der Waals surface area (Å²) in [6.45, 7) is 6.99. The second-order valence-corrected chi connectivity index (χ2v) is 6.60. The molecule has 2 aromatic rings. The van der Waals surface area contributed by atoms with Crippen LogP contribution in [-0.4, -0.2) is 19.1 Å². The van der Waals surface area contributed by atoms with Crippen molar-refractivity contribution in [3.63, 3.8) is 0 Å². The van der Waals surface area contributed by atoms with E-state index < -0.39 is 5.91 Å². The fourth-order valence-corrected chi connectivity index (χ4v) is 2.78. The first-order chi connectivity index (χ1) is 14.6. The van der Waals surface area contributed by atoms with Gasteiger partial charge < -0.3 is 20.1 Å². The van der Waals surface area contributed by atoms with Gasteiger partial charge in [0.1, 0.15) is 11.6 Å². The fraction of sp³-hybridized carbons (Fsp3) is 0.333. The van der Waals surface area contributed by atoms with E-state index in [1.54, 1.807) is 18.2 Å². The molecule has 0 radical (unpaired) electrons. The second kappa shape index (κ2) is 12.2. The molecule has 2 aromatic carbocycles. The van der Waals surface area contributed by atoms with Gasteiger partial charge in [-0.2, -0.15) is 5.26 Å². The van der Waals surface area contributed by atoms with Gasteiger partial charge in [0, 0.05) is 23.6 Å². The molecular weight excluding hydrogens is 378 g/mol. The van der Waals surface area contributed by atoms with Gasteiger partial charge >= 0.3 is 0 Å². The molecule has 0 fully saturated rings. The number of unbranched alkanes of at least 4 members (excludes halogenated alkanes) is 1. The number of nitrogens with one attached hydrogen (secondary N) is 2. The van der Waals surface area contributed by atoms with Crippen LogP contribution >= 0.6 is 0 Å². The molecule has 0 aliphatic rings. The summed E-state index contributed by atoms with van der Waals surface area (Å²) in [6, 6.07) is 15.0. The third-order valence-corrected chi connectivity index (χ3v) is 4.32. The molecule has 6 nitrogen and oxygen atoms in total. The van der Waals surface area contributed by atoms with Gasteiger partial charge in [-0.15, -0.1) is 0 Å². The molecule has 0 aliphatic carbocycles. The van der Waals surface area contributed by atoms with E-state index in [1.807, 2.05) is 44.2 Å². The molecular formula is C24H29N3O3. The lowest BCUT2D eigenvalue weighted by Gasteiger charge is -2.12. The standard InChI is InChI=1S/C24H29N3O3/c1-4-7-8-18-9-11-20(12-10-18)27-24(28)19(16-25)17-26-21-13-14-22(29-5-2)23(15-21)30-6-3/h9-15,17,26H,4-8H2,1-3H3,(H,27,28)/b19-17-. The van der Waals surface area contributed by atoms with Gasteiger partial charge in [-0.1, -0.05) is 25.5 Å². The van der Waals surface area contributed by atoms with Crippen LogP contribution < -0.4 is 20.1 Å². The van der Waals surface area contributed by atoms with Crippen molar-refractivity contribution in [2.24, 2.45) is 0 Å². The number of hydrogen-bond donors (Lipinski definition) is 2. The lowest BCUT2D eigenvalue weighted by molar-refractivity contribution is -0.112. The predicted octanol–water partition coefficient (Wildman–Crippen LogP) is 5.28. The number of aryl methyl sites for hydroxylation is 1. The zero-order valence-electron chi connectivity index (χ0n) is 17.8. The van der Waals surface area contributed by atoms with Crippen LogP contribution in [0.1, 0.15) is 39.2 Å². The Hall–Kier alpha value is -3.46. The topological polar surface area (TPSA) is 83.4 Å². The molecule has 0 saturated heterocycles. The molecule has 0 bridgehead atoms. The number of amides is 1. The summed E-state index contributed by atoms with van der Waals surface area (Å²) in [5.41, 5.74) is 2.54. The van der Waals surface area contributed by atoms with Crippen LogP contribution in [0.15, 0.2) is 54.2 Å². The van der Waals surface area contributed by atoms with E-state index in [2.05, 4.69) is 17.6 Å². The van der Waals surface area contributed by atoms with Crippen molar-refractivity contribution < 1.29 is 14.3 Å². The first-order valence-electron chi connectivity index (χ1n) is 10.3. The fourth-order valence-electron chi connectivity index (χ4n) is 2.78. The van der Waals surface area contributed by atoms with Crippen LogP contribution in [0, 0.1) is 11.3 Å². The van der Waals surface area contributed by atoms with Gasteiger partial charge in [0.25, 0.3) is 5.91 Å². The maximum absolute atomic E-state index is 12.4. The van der Waals surface area contributed by atoms with Crippen molar-refractivity contribution >= 4 is 17.3 Å². The average molecular weight is 408 g/mol. The van der Waals surface area contributed by atoms with Gasteiger partial charge in [0.2, 0.25) is 0 Å². The number of rotatable bonds is 11. The summed E-state index contributed by atoms with van der Waals surface area (Å²) in [5, 5.41) is 15.1. The van der Waals surface area contributed by atoms with Crippen molar-refractivity contribution in [1.82, 2.24) is 0 Å². The number of nitriles is 1. The highest BCUT2D eigenvalue weighted by Gasteiger charge is 2.10. The first-order valence-corrected chi connectivity index (χ1v) is 10.3. The summed E-state index contributed by atoms with van der Waals surface area (Å²) >= 11 is 0. The molecule has 0 aromatic heterocycles. The summed E-state index contributed by atoms with van der Waals surface area (Å²) in [6.07, 6.45) is 4.68. The van der Waals surface area contributed by atoms with Crippen molar-refractivity contribution in [3.05, 3.63) is 59.8 Å². The van der Waals surface area contributed by atoms with Gasteiger partial charge in [-0.05, 0) is 56.5 Å². The van der Waals surface area contributed by atoms with E-state index in [1.165, 1.54) is 11.8 Å². The number of carbonyl (C=O) groups excluding carboxylic acids is 1. The van der Waals surface area contributed by atoms with E-state index in [0.29, 0.717) is 36.1 Å². The molecule has 0 atom stereocenters. The van der Waals surface area contributed by atoms with Crippen LogP contribution in [0.4, 0.5) is 11.4 Å². The molecule has 30 heavy (non-hydrogen) atoms. The maximum Gasteiger partial charge on any atom is 0.267 e. The van der Waals surface area contributed by atoms with Crippen molar-refractivity contribution in [2.75, 3.05) is 23.8 Å². The number of ether oxygens (including phenoxy) is 2. The summed E-state index contributed by atoms with van der Waals surface area (Å²) in [5.74, 6) is 0.778. The Labute approximate surface area is 178 Å². The Bertz CT molecular complexity index is 899. The smallest absolute Gasteiger partial charge is 0.267 e. The van der Waals surface area contributed by atoms with Gasteiger partial charge in [-0.25, -0.2) is 0 Å². The van der Waals surface area contributed by atoms with Crippen LogP contribution in [0.5, 0.6) is 11.5 Å². The monoisotopic (exact) mass is 407 g/mol. The number of hydrogen-bond acceptors (Lipinski definition) is 5. The molecule has 1 amide bonds. The summed E-state index contributed by atoms with van der Waals surface area (Å²) in [7, 11) is 0. The van der Waals surface area contributed by atoms with Crippen LogP contribution in [-0.2, 0) is 11.2 Å².